The number of anilines is 1. The normalized spacial score (nSPS) is 15.5. The van der Waals surface area contributed by atoms with Crippen molar-refractivity contribution in [2.75, 3.05) is 19.4 Å². The lowest BCUT2D eigenvalue weighted by atomic mass is 9.91. The molecule has 0 radical (unpaired) electrons. The molecule has 0 fully saturated rings. The van der Waals surface area contributed by atoms with Gasteiger partial charge in [0.05, 0.1) is 5.71 Å². The zero-order valence-electron chi connectivity index (χ0n) is 9.99. The van der Waals surface area contributed by atoms with E-state index in [0.717, 1.165) is 11.4 Å². The van der Waals surface area contributed by atoms with Gasteiger partial charge in [-0.25, -0.2) is 0 Å². The quantitative estimate of drug-likeness (QED) is 0.786. The Labute approximate surface area is 101 Å². The Kier molecular flexibility index (Phi) is 2.22. The predicted octanol–water partition coefficient (Wildman–Crippen LogP) is 3.33. The molecule has 0 aliphatic heterocycles. The van der Waals surface area contributed by atoms with Crippen LogP contribution in [0.4, 0.5) is 5.69 Å². The number of aliphatic imine (C=N–C) groups is 1. The smallest absolute Gasteiger partial charge is 0.0649 e. The Morgan fingerprint density at radius 3 is 2.71 bits per heavy atom. The van der Waals surface area contributed by atoms with Crippen LogP contribution in [0.1, 0.15) is 11.1 Å². The Balaban J connectivity index is 2.48. The summed E-state index contributed by atoms with van der Waals surface area (Å²) < 4.78 is 0. The van der Waals surface area contributed by atoms with Crippen molar-refractivity contribution in [3.63, 3.8) is 0 Å². The van der Waals surface area contributed by atoms with Gasteiger partial charge in [0.15, 0.2) is 0 Å². The summed E-state index contributed by atoms with van der Waals surface area (Å²) in [6, 6.07) is 10.7. The highest BCUT2D eigenvalue weighted by molar-refractivity contribution is 6.23. The zero-order chi connectivity index (χ0) is 11.8. The molecule has 1 aliphatic carbocycles. The maximum atomic E-state index is 4.34. The number of hydrogen-bond donors (Lipinski definition) is 1. The molecule has 0 amide bonds. The first-order valence-electron chi connectivity index (χ1n) is 5.74. The second-order valence-corrected chi connectivity index (χ2v) is 4.12. The Morgan fingerprint density at radius 1 is 1.06 bits per heavy atom. The minimum atomic E-state index is 1.05. The van der Waals surface area contributed by atoms with E-state index in [-0.39, 0.29) is 0 Å². The first kappa shape index (κ1) is 10.1. The van der Waals surface area contributed by atoms with Gasteiger partial charge in [-0.2, -0.15) is 0 Å². The van der Waals surface area contributed by atoms with Gasteiger partial charge in [0.2, 0.25) is 0 Å². The zero-order valence-corrected chi connectivity index (χ0v) is 9.99. The predicted molar refractivity (Wildman–Crippen MR) is 75.0 cm³/mol. The van der Waals surface area contributed by atoms with Crippen LogP contribution in [0.3, 0.4) is 0 Å². The minimum absolute atomic E-state index is 1.05. The van der Waals surface area contributed by atoms with Crippen LogP contribution in [0.5, 0.6) is 0 Å². The van der Waals surface area contributed by atoms with Gasteiger partial charge < -0.3 is 5.32 Å². The fourth-order valence-corrected chi connectivity index (χ4v) is 2.46. The standard InChI is InChI=1S/C15H14N2/c1-16-13-8-6-10-7-9-14(17-2)12-5-3-4-11(13)15(10)12/h3-9,16H,1-2H3. The lowest BCUT2D eigenvalue weighted by molar-refractivity contribution is 1.44. The summed E-state index contributed by atoms with van der Waals surface area (Å²) >= 11 is 0. The molecule has 0 aromatic heterocycles. The maximum Gasteiger partial charge on any atom is 0.0649 e. The highest BCUT2D eigenvalue weighted by Gasteiger charge is 2.14. The fraction of sp³-hybridized carbons (Fsp3) is 0.133. The Morgan fingerprint density at radius 2 is 1.94 bits per heavy atom. The molecule has 0 spiro atoms. The van der Waals surface area contributed by atoms with E-state index >= 15 is 0 Å². The molecule has 17 heavy (non-hydrogen) atoms. The third-order valence-electron chi connectivity index (χ3n) is 3.28. The van der Waals surface area contributed by atoms with Crippen LogP contribution in [0, 0.1) is 0 Å². The van der Waals surface area contributed by atoms with E-state index in [4.69, 9.17) is 0 Å². The van der Waals surface area contributed by atoms with Gasteiger partial charge in [0.25, 0.3) is 0 Å². The monoisotopic (exact) mass is 222 g/mol. The van der Waals surface area contributed by atoms with Gasteiger partial charge in [-0.1, -0.05) is 30.3 Å². The first-order valence-corrected chi connectivity index (χ1v) is 5.74. The van der Waals surface area contributed by atoms with Gasteiger partial charge in [0.1, 0.15) is 0 Å². The van der Waals surface area contributed by atoms with Crippen molar-refractivity contribution in [2.45, 2.75) is 0 Å². The molecule has 84 valence electrons. The number of nitrogens with zero attached hydrogens (tertiary/aromatic N) is 1. The number of rotatable bonds is 1. The Bertz CT molecular complexity index is 651. The van der Waals surface area contributed by atoms with E-state index in [1.807, 2.05) is 14.1 Å². The van der Waals surface area contributed by atoms with Crippen LogP contribution < -0.4 is 5.32 Å². The average molecular weight is 222 g/mol. The van der Waals surface area contributed by atoms with Gasteiger partial charge in [-0.3, -0.25) is 4.99 Å². The number of nitrogens with one attached hydrogen (secondary N) is 1. The van der Waals surface area contributed by atoms with Gasteiger partial charge in [-0.15, -0.1) is 0 Å². The molecule has 0 unspecified atom stereocenters. The van der Waals surface area contributed by atoms with E-state index < -0.39 is 0 Å². The number of hydrogen-bond acceptors (Lipinski definition) is 2. The molecule has 0 heterocycles. The summed E-state index contributed by atoms with van der Waals surface area (Å²) in [7, 11) is 3.79. The minimum Gasteiger partial charge on any atom is -0.388 e. The van der Waals surface area contributed by atoms with E-state index in [1.54, 1.807) is 0 Å². The van der Waals surface area contributed by atoms with Crippen molar-refractivity contribution in [1.29, 1.82) is 0 Å². The highest BCUT2D eigenvalue weighted by Crippen LogP contribution is 2.33. The first-order chi connectivity index (χ1) is 8.35. The van der Waals surface area contributed by atoms with Gasteiger partial charge in [0, 0.05) is 36.1 Å². The van der Waals surface area contributed by atoms with Gasteiger partial charge in [-0.05, 0) is 17.7 Å². The molecule has 2 heteroatoms. The van der Waals surface area contributed by atoms with Crippen molar-refractivity contribution in [3.8, 4) is 0 Å². The van der Waals surface area contributed by atoms with E-state index in [1.165, 1.54) is 21.9 Å². The van der Waals surface area contributed by atoms with Crippen molar-refractivity contribution in [1.82, 2.24) is 0 Å². The second-order valence-electron chi connectivity index (χ2n) is 4.12. The summed E-state index contributed by atoms with van der Waals surface area (Å²) in [5.41, 5.74) is 4.70. The number of allylic oxidation sites excluding steroid dienone is 1. The summed E-state index contributed by atoms with van der Waals surface area (Å²) in [6.45, 7) is 0. The van der Waals surface area contributed by atoms with E-state index in [2.05, 4.69) is 52.8 Å². The summed E-state index contributed by atoms with van der Waals surface area (Å²) in [5.74, 6) is 0. The van der Waals surface area contributed by atoms with Crippen LogP contribution in [0.15, 0.2) is 41.4 Å². The molecule has 1 N–H and O–H groups in total. The lowest BCUT2D eigenvalue weighted by Crippen LogP contribution is -2.04. The molecule has 0 atom stereocenters. The van der Waals surface area contributed by atoms with Gasteiger partial charge >= 0.3 is 0 Å². The molecule has 0 bridgehead atoms. The fourth-order valence-electron chi connectivity index (χ4n) is 2.46. The molecule has 3 rings (SSSR count). The third kappa shape index (κ3) is 1.37. The second kappa shape index (κ2) is 3.74. The van der Waals surface area contributed by atoms with Crippen LogP contribution in [-0.2, 0) is 0 Å². The van der Waals surface area contributed by atoms with E-state index in [9.17, 15) is 0 Å². The van der Waals surface area contributed by atoms with Crippen molar-refractivity contribution in [2.24, 2.45) is 4.99 Å². The van der Waals surface area contributed by atoms with Crippen LogP contribution in [0.25, 0.3) is 16.8 Å². The molecule has 0 saturated carbocycles. The molecule has 1 aliphatic rings. The summed E-state index contributed by atoms with van der Waals surface area (Å²) in [5, 5.41) is 5.79. The summed E-state index contributed by atoms with van der Waals surface area (Å²) in [6.07, 6.45) is 4.22. The van der Waals surface area contributed by atoms with E-state index in [0.29, 0.717) is 0 Å². The van der Waals surface area contributed by atoms with Crippen LogP contribution >= 0.6 is 0 Å². The largest absolute Gasteiger partial charge is 0.388 e. The van der Waals surface area contributed by atoms with Crippen molar-refractivity contribution >= 4 is 28.2 Å². The highest BCUT2D eigenvalue weighted by atomic mass is 14.8. The van der Waals surface area contributed by atoms with Crippen LogP contribution in [0.2, 0.25) is 0 Å². The molecule has 2 nitrogen and oxygen atoms in total. The topological polar surface area (TPSA) is 24.4 Å². The lowest BCUT2D eigenvalue weighted by Gasteiger charge is -2.16. The number of benzene rings is 2. The molecule has 2 aromatic carbocycles. The van der Waals surface area contributed by atoms with Crippen LogP contribution in [-0.4, -0.2) is 19.8 Å². The third-order valence-corrected chi connectivity index (χ3v) is 3.28. The molecular formula is C15H14N2. The van der Waals surface area contributed by atoms with Crippen molar-refractivity contribution < 1.29 is 0 Å². The molecule has 2 aromatic rings. The maximum absolute atomic E-state index is 4.34. The molecule has 0 saturated heterocycles. The molecular weight excluding hydrogens is 208 g/mol. The Hall–Kier alpha value is -2.09. The average Bonchev–Trinajstić information content (AvgIpc) is 2.40. The SMILES string of the molecule is CN=C1C=Cc2ccc(NC)c3cccc1c23. The summed E-state index contributed by atoms with van der Waals surface area (Å²) in [4.78, 5) is 4.34. The van der Waals surface area contributed by atoms with Crippen molar-refractivity contribution in [3.05, 3.63) is 47.5 Å².